The van der Waals surface area contributed by atoms with Crippen LogP contribution in [-0.4, -0.2) is 39.6 Å². The van der Waals surface area contributed by atoms with Gasteiger partial charge in [-0.3, -0.25) is 9.69 Å². The molecule has 0 spiro atoms. The van der Waals surface area contributed by atoms with Crippen molar-refractivity contribution >= 4 is 40.8 Å². The molecular weight excluding hydrogens is 364 g/mol. The predicted molar refractivity (Wildman–Crippen MR) is 95.4 cm³/mol. The number of rotatable bonds is 4. The molecule has 2 unspecified atom stereocenters. The Morgan fingerprint density at radius 3 is 2.92 bits per heavy atom. The zero-order valence-electron chi connectivity index (χ0n) is 14.2. The van der Waals surface area contributed by atoms with Gasteiger partial charge in [0.15, 0.2) is 16.1 Å². The highest BCUT2D eigenvalue weighted by Gasteiger charge is 2.58. The molecule has 0 radical (unpaired) electrons. The van der Waals surface area contributed by atoms with E-state index in [1.807, 2.05) is 13.8 Å². The number of hydrogen-bond acceptors (Lipinski definition) is 7. The zero-order valence-corrected chi connectivity index (χ0v) is 15.8. The smallest absolute Gasteiger partial charge is 0.259 e. The molecule has 25 heavy (non-hydrogen) atoms. The van der Waals surface area contributed by atoms with E-state index >= 15 is 0 Å². The van der Waals surface area contributed by atoms with Crippen LogP contribution in [0.15, 0.2) is 16.5 Å². The number of carbonyl (C=O) groups is 1. The molecule has 2 bridgehead atoms. The first-order valence-electron chi connectivity index (χ1n) is 8.21. The summed E-state index contributed by atoms with van der Waals surface area (Å²) in [5.74, 6) is 0.981. The third-order valence-corrected chi connectivity index (χ3v) is 5.76. The lowest BCUT2D eigenvalue weighted by molar-refractivity contribution is -0.136. The number of halogens is 1. The summed E-state index contributed by atoms with van der Waals surface area (Å²) in [6.07, 6.45) is 1.25. The fraction of sp³-hybridized carbons (Fsp3) is 0.562. The first-order chi connectivity index (χ1) is 11.8. The van der Waals surface area contributed by atoms with Gasteiger partial charge in [0.2, 0.25) is 5.79 Å². The number of nitrogens with zero attached hydrogens (tertiary/aromatic N) is 3. The van der Waals surface area contributed by atoms with Crippen LogP contribution >= 0.6 is 23.4 Å². The van der Waals surface area contributed by atoms with Gasteiger partial charge in [-0.1, -0.05) is 30.3 Å². The summed E-state index contributed by atoms with van der Waals surface area (Å²) in [4.78, 5) is 23.2. The van der Waals surface area contributed by atoms with E-state index in [2.05, 4.69) is 16.9 Å². The van der Waals surface area contributed by atoms with Crippen molar-refractivity contribution in [3.05, 3.63) is 16.5 Å². The number of aromatic nitrogens is 2. The summed E-state index contributed by atoms with van der Waals surface area (Å²) < 4.78 is 11.8. The van der Waals surface area contributed by atoms with Crippen molar-refractivity contribution in [2.75, 3.05) is 16.4 Å². The molecule has 2 aliphatic heterocycles. The number of fused-ring (bicyclic) bond motifs is 4. The molecule has 2 saturated heterocycles. The van der Waals surface area contributed by atoms with E-state index in [1.54, 1.807) is 4.90 Å². The second kappa shape index (κ2) is 5.75. The Morgan fingerprint density at radius 2 is 2.20 bits per heavy atom. The first kappa shape index (κ1) is 16.9. The van der Waals surface area contributed by atoms with E-state index in [0.717, 1.165) is 12.2 Å². The molecule has 134 valence electrons. The van der Waals surface area contributed by atoms with E-state index in [4.69, 9.17) is 26.8 Å². The van der Waals surface area contributed by atoms with Crippen LogP contribution in [0.1, 0.15) is 33.6 Å². The van der Waals surface area contributed by atoms with Gasteiger partial charge in [0.1, 0.15) is 17.6 Å². The Labute approximate surface area is 154 Å². The Balaban J connectivity index is 1.73. The lowest BCUT2D eigenvalue weighted by atomic mass is 10.1. The van der Waals surface area contributed by atoms with Crippen molar-refractivity contribution in [3.8, 4) is 0 Å². The van der Waals surface area contributed by atoms with Crippen LogP contribution in [-0.2, 0) is 14.3 Å². The monoisotopic (exact) mass is 382 g/mol. The zero-order chi connectivity index (χ0) is 17.9. The standard InChI is InChI=1S/C16H19ClN4O3S/c1-4-5-25-15-19-12(17)9(18)13(20-15)21-8-6-7(14(21)22)10-11(8)24-16(2,3)23-10/h8,11H,4-6,18H2,1-3H3. The normalized spacial score (nSPS) is 26.4. The minimum atomic E-state index is -0.739. The van der Waals surface area contributed by atoms with E-state index in [9.17, 15) is 4.79 Å². The lowest BCUT2D eigenvalue weighted by Crippen LogP contribution is -2.45. The molecule has 0 aromatic carbocycles. The molecule has 0 saturated carbocycles. The number of anilines is 2. The molecule has 1 aromatic heterocycles. The predicted octanol–water partition coefficient (Wildman–Crippen LogP) is 2.74. The van der Waals surface area contributed by atoms with Crippen molar-refractivity contribution in [2.24, 2.45) is 0 Å². The molecule has 1 aliphatic carbocycles. The van der Waals surface area contributed by atoms with Crippen LogP contribution in [0.5, 0.6) is 0 Å². The van der Waals surface area contributed by atoms with Crippen molar-refractivity contribution in [1.82, 2.24) is 9.97 Å². The minimum Gasteiger partial charge on any atom is -0.464 e. The Morgan fingerprint density at radius 1 is 1.44 bits per heavy atom. The van der Waals surface area contributed by atoms with E-state index in [1.165, 1.54) is 11.8 Å². The fourth-order valence-electron chi connectivity index (χ4n) is 3.43. The van der Waals surface area contributed by atoms with Gasteiger partial charge in [-0.15, -0.1) is 0 Å². The van der Waals surface area contributed by atoms with Gasteiger partial charge in [-0.05, 0) is 6.42 Å². The second-order valence-electron chi connectivity index (χ2n) is 6.71. The molecule has 2 fully saturated rings. The van der Waals surface area contributed by atoms with Crippen LogP contribution in [0.4, 0.5) is 11.5 Å². The number of ether oxygens (including phenoxy) is 2. The number of amides is 1. The maximum Gasteiger partial charge on any atom is 0.259 e. The number of nitrogens with two attached hydrogens (primary N) is 1. The highest BCUT2D eigenvalue weighted by Crippen LogP contribution is 2.50. The summed E-state index contributed by atoms with van der Waals surface area (Å²) in [6.45, 7) is 5.74. The molecule has 1 aromatic rings. The third-order valence-electron chi connectivity index (χ3n) is 4.42. The molecule has 2 N–H and O–H groups in total. The summed E-state index contributed by atoms with van der Waals surface area (Å²) in [5.41, 5.74) is 6.94. The van der Waals surface area contributed by atoms with Gasteiger partial charge in [0.25, 0.3) is 5.91 Å². The third kappa shape index (κ3) is 2.58. The van der Waals surface area contributed by atoms with Crippen molar-refractivity contribution in [2.45, 2.75) is 56.7 Å². The molecular formula is C16H19ClN4O3S. The van der Waals surface area contributed by atoms with Crippen LogP contribution < -0.4 is 10.6 Å². The molecule has 3 aliphatic rings. The van der Waals surface area contributed by atoms with Crippen LogP contribution in [0.25, 0.3) is 0 Å². The highest BCUT2D eigenvalue weighted by molar-refractivity contribution is 7.99. The summed E-state index contributed by atoms with van der Waals surface area (Å²) >= 11 is 7.68. The first-order valence-corrected chi connectivity index (χ1v) is 9.58. The fourth-order valence-corrected chi connectivity index (χ4v) is 4.34. The summed E-state index contributed by atoms with van der Waals surface area (Å²) in [6, 6.07) is -0.212. The van der Waals surface area contributed by atoms with Crippen molar-refractivity contribution < 1.29 is 14.3 Å². The lowest BCUT2D eigenvalue weighted by Gasteiger charge is -2.29. The Bertz CT molecular complexity index is 798. The second-order valence-corrected chi connectivity index (χ2v) is 8.13. The Hall–Kier alpha value is -1.51. The van der Waals surface area contributed by atoms with Crippen LogP contribution in [0.3, 0.4) is 0 Å². The van der Waals surface area contributed by atoms with Crippen molar-refractivity contribution in [1.29, 1.82) is 0 Å². The van der Waals surface area contributed by atoms with Gasteiger partial charge in [0.05, 0.1) is 11.6 Å². The Kier molecular flexibility index (Phi) is 3.90. The minimum absolute atomic E-state index is 0.148. The van der Waals surface area contributed by atoms with Crippen molar-refractivity contribution in [3.63, 3.8) is 0 Å². The van der Waals surface area contributed by atoms with Crippen LogP contribution in [0.2, 0.25) is 5.15 Å². The molecule has 2 atom stereocenters. The maximum atomic E-state index is 12.9. The van der Waals surface area contributed by atoms with Gasteiger partial charge in [-0.25, -0.2) is 9.97 Å². The molecule has 9 heteroatoms. The summed E-state index contributed by atoms with van der Waals surface area (Å²) in [5, 5.41) is 0.682. The molecule has 3 heterocycles. The largest absolute Gasteiger partial charge is 0.464 e. The van der Waals surface area contributed by atoms with Crippen LogP contribution in [0, 0.1) is 0 Å². The number of hydrogen-bond donors (Lipinski definition) is 1. The molecule has 1 amide bonds. The molecule has 4 rings (SSSR count). The molecule has 7 nitrogen and oxygen atoms in total. The number of carbonyl (C=O) groups excluding carboxylic acids is 1. The highest BCUT2D eigenvalue weighted by atomic mass is 35.5. The topological polar surface area (TPSA) is 90.6 Å². The maximum absolute atomic E-state index is 12.9. The van der Waals surface area contributed by atoms with Gasteiger partial charge in [0, 0.05) is 26.0 Å². The SMILES string of the molecule is CCCSc1nc(Cl)c(N)c(N2C(=O)C3=C4OC(C)(C)OC4C2C3)n1. The summed E-state index contributed by atoms with van der Waals surface area (Å²) in [7, 11) is 0. The van der Waals surface area contributed by atoms with Gasteiger partial charge < -0.3 is 15.2 Å². The number of thioether (sulfide) groups is 1. The number of nitrogen functional groups attached to an aromatic ring is 1. The average Bonchev–Trinajstić information content (AvgIpc) is 3.15. The van der Waals surface area contributed by atoms with Gasteiger partial charge in [-0.2, -0.15) is 0 Å². The van der Waals surface area contributed by atoms with E-state index < -0.39 is 5.79 Å². The quantitative estimate of drug-likeness (QED) is 0.486. The average molecular weight is 383 g/mol. The van der Waals surface area contributed by atoms with E-state index in [0.29, 0.717) is 28.7 Å². The van der Waals surface area contributed by atoms with Gasteiger partial charge >= 0.3 is 0 Å². The van der Waals surface area contributed by atoms with E-state index in [-0.39, 0.29) is 28.9 Å².